The Labute approximate surface area is 180 Å². The molecule has 0 saturated carbocycles. The van der Waals surface area contributed by atoms with Crippen LogP contribution in [0, 0.1) is 0 Å². The molecular formula is C22H23ClN4O3. The minimum absolute atomic E-state index is 0.283. The Kier molecular flexibility index (Phi) is 5.47. The lowest BCUT2D eigenvalue weighted by Gasteiger charge is -2.26. The van der Waals surface area contributed by atoms with Crippen LogP contribution < -0.4 is 0 Å². The van der Waals surface area contributed by atoms with Gasteiger partial charge in [-0.1, -0.05) is 35.0 Å². The average Bonchev–Trinajstić information content (AvgIpc) is 3.37. The number of amides is 1. The van der Waals surface area contributed by atoms with Gasteiger partial charge in [-0.3, -0.25) is 9.88 Å². The van der Waals surface area contributed by atoms with E-state index in [1.807, 2.05) is 57.2 Å². The summed E-state index contributed by atoms with van der Waals surface area (Å²) in [5.41, 5.74) is 2.03. The highest BCUT2D eigenvalue weighted by Crippen LogP contribution is 2.33. The van der Waals surface area contributed by atoms with Crippen molar-refractivity contribution in [2.45, 2.75) is 45.3 Å². The first kappa shape index (κ1) is 20.3. The Bertz CT molecular complexity index is 1030. The van der Waals surface area contributed by atoms with Gasteiger partial charge in [0.1, 0.15) is 17.3 Å². The molecule has 1 saturated heterocycles. The molecule has 4 rings (SSSR count). The van der Waals surface area contributed by atoms with Gasteiger partial charge < -0.3 is 9.26 Å². The van der Waals surface area contributed by atoms with E-state index in [2.05, 4.69) is 15.1 Å². The van der Waals surface area contributed by atoms with Crippen molar-refractivity contribution in [3.05, 3.63) is 53.5 Å². The highest BCUT2D eigenvalue weighted by atomic mass is 35.5. The first-order valence-corrected chi connectivity index (χ1v) is 10.2. The Balaban J connectivity index is 1.51. The molecule has 1 atom stereocenters. The van der Waals surface area contributed by atoms with Crippen molar-refractivity contribution in [1.82, 2.24) is 20.0 Å². The second-order valence-electron chi connectivity index (χ2n) is 8.23. The van der Waals surface area contributed by atoms with Gasteiger partial charge in [-0.2, -0.15) is 4.98 Å². The second-order valence-corrected chi connectivity index (χ2v) is 8.66. The van der Waals surface area contributed by atoms with E-state index in [-0.39, 0.29) is 12.1 Å². The predicted octanol–water partition coefficient (Wildman–Crippen LogP) is 5.52. The number of pyridine rings is 1. The molecule has 156 valence electrons. The maximum atomic E-state index is 12.5. The van der Waals surface area contributed by atoms with Crippen molar-refractivity contribution in [2.75, 3.05) is 6.54 Å². The number of ether oxygens (including phenoxy) is 1. The van der Waals surface area contributed by atoms with Gasteiger partial charge in [0.05, 0.1) is 0 Å². The van der Waals surface area contributed by atoms with Crippen LogP contribution in [0.25, 0.3) is 22.6 Å². The number of rotatable bonds is 3. The van der Waals surface area contributed by atoms with Gasteiger partial charge in [0.25, 0.3) is 0 Å². The molecule has 1 amide bonds. The topological polar surface area (TPSA) is 81.4 Å². The summed E-state index contributed by atoms with van der Waals surface area (Å²) in [6, 6.07) is 11.1. The van der Waals surface area contributed by atoms with Crippen LogP contribution in [0.1, 0.15) is 45.5 Å². The summed E-state index contributed by atoms with van der Waals surface area (Å²) in [5, 5.41) is 4.76. The van der Waals surface area contributed by atoms with Crippen LogP contribution in [-0.2, 0) is 4.74 Å². The fourth-order valence-electron chi connectivity index (χ4n) is 3.38. The van der Waals surface area contributed by atoms with Crippen molar-refractivity contribution in [3.63, 3.8) is 0 Å². The van der Waals surface area contributed by atoms with E-state index < -0.39 is 5.60 Å². The molecule has 0 aliphatic carbocycles. The second kappa shape index (κ2) is 8.07. The molecule has 1 aromatic carbocycles. The van der Waals surface area contributed by atoms with E-state index in [9.17, 15) is 4.79 Å². The minimum atomic E-state index is -0.556. The van der Waals surface area contributed by atoms with Crippen LogP contribution in [0.4, 0.5) is 4.79 Å². The number of hydrogen-bond acceptors (Lipinski definition) is 6. The van der Waals surface area contributed by atoms with E-state index in [1.165, 1.54) is 0 Å². The number of carbonyl (C=O) groups is 1. The number of benzene rings is 1. The zero-order chi connectivity index (χ0) is 21.3. The van der Waals surface area contributed by atoms with Crippen molar-refractivity contribution < 1.29 is 14.1 Å². The van der Waals surface area contributed by atoms with Gasteiger partial charge in [0.15, 0.2) is 0 Å². The van der Waals surface area contributed by atoms with Crippen LogP contribution >= 0.6 is 11.6 Å². The number of hydrogen-bond donors (Lipinski definition) is 0. The lowest BCUT2D eigenvalue weighted by molar-refractivity contribution is 0.0199. The van der Waals surface area contributed by atoms with Gasteiger partial charge in [-0.05, 0) is 57.4 Å². The molecule has 1 aliphatic heterocycles. The van der Waals surface area contributed by atoms with E-state index in [1.54, 1.807) is 11.1 Å². The molecule has 0 radical (unpaired) electrons. The molecular weight excluding hydrogens is 404 g/mol. The molecule has 0 bridgehead atoms. The van der Waals surface area contributed by atoms with Crippen LogP contribution in [0.3, 0.4) is 0 Å². The highest BCUT2D eigenvalue weighted by molar-refractivity contribution is 6.30. The fourth-order valence-corrected chi connectivity index (χ4v) is 3.50. The third-order valence-electron chi connectivity index (χ3n) is 4.78. The Morgan fingerprint density at radius 2 is 1.90 bits per heavy atom. The van der Waals surface area contributed by atoms with Crippen LogP contribution in [0.15, 0.2) is 47.1 Å². The van der Waals surface area contributed by atoms with Gasteiger partial charge in [0.2, 0.25) is 11.7 Å². The molecule has 7 nitrogen and oxygen atoms in total. The highest BCUT2D eigenvalue weighted by Gasteiger charge is 2.36. The summed E-state index contributed by atoms with van der Waals surface area (Å²) in [7, 11) is 0. The van der Waals surface area contributed by atoms with E-state index >= 15 is 0 Å². The maximum absolute atomic E-state index is 12.5. The number of likely N-dealkylation sites (tertiary alicyclic amines) is 1. The van der Waals surface area contributed by atoms with Crippen molar-refractivity contribution in [2.24, 2.45) is 0 Å². The number of halogens is 1. The quantitative estimate of drug-likeness (QED) is 0.548. The third-order valence-corrected chi connectivity index (χ3v) is 5.03. The van der Waals surface area contributed by atoms with E-state index in [0.29, 0.717) is 29.0 Å². The zero-order valence-electron chi connectivity index (χ0n) is 17.1. The summed E-state index contributed by atoms with van der Waals surface area (Å²) in [6.07, 6.45) is 3.01. The average molecular weight is 427 g/mol. The third kappa shape index (κ3) is 4.46. The fraction of sp³-hybridized carbons (Fsp3) is 0.364. The van der Waals surface area contributed by atoms with Crippen molar-refractivity contribution in [3.8, 4) is 22.6 Å². The Morgan fingerprint density at radius 1 is 1.17 bits per heavy atom. The van der Waals surface area contributed by atoms with Crippen molar-refractivity contribution >= 4 is 17.7 Å². The first-order valence-electron chi connectivity index (χ1n) is 9.86. The molecule has 1 aliphatic rings. The summed E-state index contributed by atoms with van der Waals surface area (Å²) in [5.74, 6) is 0.792. The predicted molar refractivity (Wildman–Crippen MR) is 113 cm³/mol. The zero-order valence-corrected chi connectivity index (χ0v) is 17.9. The molecule has 0 spiro atoms. The molecule has 1 unspecified atom stereocenters. The Morgan fingerprint density at radius 3 is 2.57 bits per heavy atom. The summed E-state index contributed by atoms with van der Waals surface area (Å²) in [6.45, 7) is 6.14. The SMILES string of the molecule is CC(C)(C)OC(=O)N1CCCC1c1nc(-c2ccc(-c3ccc(Cl)cc3)cn2)no1. The standard InChI is InChI=1S/C22H23ClN4O3/c1-22(2,3)29-21(28)27-12-4-5-18(27)20-25-19(26-30-20)17-11-8-15(13-24-17)14-6-9-16(23)10-7-14/h6-11,13,18H,4-5,12H2,1-3H3. The minimum Gasteiger partial charge on any atom is -0.444 e. The first-order chi connectivity index (χ1) is 14.3. The molecule has 1 fully saturated rings. The molecule has 3 aromatic rings. The van der Waals surface area contributed by atoms with Crippen LogP contribution in [-0.4, -0.2) is 38.3 Å². The van der Waals surface area contributed by atoms with E-state index in [0.717, 1.165) is 24.0 Å². The number of carbonyl (C=O) groups excluding carboxylic acids is 1. The monoisotopic (exact) mass is 426 g/mol. The molecule has 30 heavy (non-hydrogen) atoms. The molecule has 2 aromatic heterocycles. The lowest BCUT2D eigenvalue weighted by Crippen LogP contribution is -2.36. The largest absolute Gasteiger partial charge is 0.444 e. The number of nitrogens with zero attached hydrogens (tertiary/aromatic N) is 4. The van der Waals surface area contributed by atoms with Gasteiger partial charge in [-0.25, -0.2) is 4.79 Å². The lowest BCUT2D eigenvalue weighted by atomic mass is 10.1. The van der Waals surface area contributed by atoms with Gasteiger partial charge in [-0.15, -0.1) is 0 Å². The summed E-state index contributed by atoms with van der Waals surface area (Å²) >= 11 is 5.95. The maximum Gasteiger partial charge on any atom is 0.410 e. The number of aromatic nitrogens is 3. The molecule has 0 N–H and O–H groups in total. The molecule has 8 heteroatoms. The summed E-state index contributed by atoms with van der Waals surface area (Å²) < 4.78 is 11.0. The van der Waals surface area contributed by atoms with Crippen molar-refractivity contribution in [1.29, 1.82) is 0 Å². The van der Waals surface area contributed by atoms with Gasteiger partial charge >= 0.3 is 6.09 Å². The Hall–Kier alpha value is -2.93. The van der Waals surface area contributed by atoms with E-state index in [4.69, 9.17) is 20.9 Å². The molecule has 3 heterocycles. The van der Waals surface area contributed by atoms with Crippen LogP contribution in [0.5, 0.6) is 0 Å². The summed E-state index contributed by atoms with van der Waals surface area (Å²) in [4.78, 5) is 23.1. The van der Waals surface area contributed by atoms with Crippen LogP contribution in [0.2, 0.25) is 5.02 Å². The normalized spacial score (nSPS) is 16.7. The smallest absolute Gasteiger partial charge is 0.410 e. The van der Waals surface area contributed by atoms with Gasteiger partial charge in [0, 0.05) is 23.3 Å².